The van der Waals surface area contributed by atoms with E-state index in [1.54, 1.807) is 41.3 Å². The number of fused-ring (bicyclic) bond motifs is 4. The monoisotopic (exact) mass is 494 g/mol. The van der Waals surface area contributed by atoms with Gasteiger partial charge >= 0.3 is 12.2 Å². The van der Waals surface area contributed by atoms with Crippen LogP contribution in [0.3, 0.4) is 0 Å². The largest absolute Gasteiger partial charge is 0.416 e. The molecule has 3 aromatic rings. The fourth-order valence-corrected chi connectivity index (χ4v) is 4.81. The van der Waals surface area contributed by atoms with Crippen LogP contribution >= 0.6 is 0 Å². The van der Waals surface area contributed by atoms with Gasteiger partial charge in [-0.2, -0.15) is 13.2 Å². The van der Waals surface area contributed by atoms with Gasteiger partial charge in [-0.1, -0.05) is 31.2 Å². The number of hydrogen-bond acceptors (Lipinski definition) is 4. The highest BCUT2D eigenvalue weighted by Crippen LogP contribution is 2.41. The van der Waals surface area contributed by atoms with Crippen LogP contribution < -0.4 is 15.1 Å². The van der Waals surface area contributed by atoms with E-state index in [4.69, 9.17) is 0 Å². The number of urea groups is 1. The van der Waals surface area contributed by atoms with Gasteiger partial charge in [-0.25, -0.2) is 9.78 Å². The summed E-state index contributed by atoms with van der Waals surface area (Å²) in [4.78, 5) is 34.2. The Labute approximate surface area is 206 Å². The van der Waals surface area contributed by atoms with Crippen LogP contribution in [-0.4, -0.2) is 35.9 Å². The molecule has 36 heavy (non-hydrogen) atoms. The maximum Gasteiger partial charge on any atom is 0.416 e. The predicted octanol–water partition coefficient (Wildman–Crippen LogP) is 6.38. The fourth-order valence-electron chi connectivity index (χ4n) is 4.81. The van der Waals surface area contributed by atoms with E-state index in [1.807, 2.05) is 13.0 Å². The quantitative estimate of drug-likeness (QED) is 0.418. The first kappa shape index (κ1) is 23.8. The Hall–Kier alpha value is -3.88. The molecule has 0 saturated carbocycles. The lowest BCUT2D eigenvalue weighted by Crippen LogP contribution is -2.48. The second-order valence-electron chi connectivity index (χ2n) is 9.06. The van der Waals surface area contributed by atoms with E-state index in [0.717, 1.165) is 37.2 Å². The number of alkyl halides is 3. The van der Waals surface area contributed by atoms with Gasteiger partial charge in [-0.15, -0.1) is 0 Å². The van der Waals surface area contributed by atoms with E-state index < -0.39 is 17.8 Å². The van der Waals surface area contributed by atoms with Gasteiger partial charge in [0.1, 0.15) is 0 Å². The van der Waals surface area contributed by atoms with Crippen molar-refractivity contribution in [3.63, 3.8) is 0 Å². The van der Waals surface area contributed by atoms with Crippen LogP contribution in [0.4, 0.5) is 35.2 Å². The first-order chi connectivity index (χ1) is 17.2. The van der Waals surface area contributed by atoms with Crippen LogP contribution in [0, 0.1) is 0 Å². The Morgan fingerprint density at radius 3 is 2.67 bits per heavy atom. The number of carbonyl (C=O) groups excluding carboxylic acids is 2. The number of nitrogens with one attached hydrogen (secondary N) is 1. The van der Waals surface area contributed by atoms with E-state index in [9.17, 15) is 22.8 Å². The van der Waals surface area contributed by atoms with Crippen LogP contribution in [0.1, 0.15) is 42.1 Å². The van der Waals surface area contributed by atoms with Gasteiger partial charge in [-0.3, -0.25) is 9.69 Å². The van der Waals surface area contributed by atoms with E-state index in [2.05, 4.69) is 15.2 Å². The molecule has 3 heterocycles. The Morgan fingerprint density at radius 2 is 1.89 bits per heavy atom. The van der Waals surface area contributed by atoms with Gasteiger partial charge in [0.15, 0.2) is 11.6 Å². The van der Waals surface area contributed by atoms with Crippen molar-refractivity contribution in [2.24, 2.45) is 0 Å². The smallest absolute Gasteiger partial charge is 0.366 e. The summed E-state index contributed by atoms with van der Waals surface area (Å²) in [6.07, 6.45) is -2.55. The molecule has 0 aliphatic carbocycles. The Balaban J connectivity index is 1.47. The fraction of sp³-hybridized carbons (Fsp3) is 0.296. The van der Waals surface area contributed by atoms with Crippen LogP contribution in [0.15, 0.2) is 60.7 Å². The summed E-state index contributed by atoms with van der Waals surface area (Å²) in [6, 6.07) is 14.8. The van der Waals surface area contributed by atoms with Crippen molar-refractivity contribution in [1.29, 1.82) is 0 Å². The topological polar surface area (TPSA) is 65.5 Å². The van der Waals surface area contributed by atoms with E-state index in [1.165, 1.54) is 6.07 Å². The number of ketones is 1. The van der Waals surface area contributed by atoms with Crippen LogP contribution in [-0.2, 0) is 6.18 Å². The lowest BCUT2D eigenvalue weighted by Gasteiger charge is -2.36. The van der Waals surface area contributed by atoms with Gasteiger partial charge in [0.05, 0.1) is 23.0 Å². The molecule has 5 rings (SSSR count). The summed E-state index contributed by atoms with van der Waals surface area (Å²) < 4.78 is 39.8. The average molecular weight is 495 g/mol. The minimum atomic E-state index is -4.46. The maximum atomic E-state index is 13.5. The summed E-state index contributed by atoms with van der Waals surface area (Å²) >= 11 is 0. The Morgan fingerprint density at radius 1 is 1.08 bits per heavy atom. The first-order valence-corrected chi connectivity index (χ1v) is 11.9. The normalized spacial score (nSPS) is 16.6. The molecule has 1 N–H and O–H groups in total. The van der Waals surface area contributed by atoms with Crippen molar-refractivity contribution in [1.82, 2.24) is 4.98 Å². The van der Waals surface area contributed by atoms with Crippen LogP contribution in [0.2, 0.25) is 0 Å². The minimum Gasteiger partial charge on any atom is -0.366 e. The zero-order valence-electron chi connectivity index (χ0n) is 19.7. The third-order valence-corrected chi connectivity index (χ3v) is 6.57. The number of pyridine rings is 1. The Kier molecular flexibility index (Phi) is 6.15. The summed E-state index contributed by atoms with van der Waals surface area (Å²) in [5.74, 6) is 0.421. The van der Waals surface area contributed by atoms with Gasteiger partial charge < -0.3 is 10.2 Å². The lowest BCUT2D eigenvalue weighted by molar-refractivity contribution is -0.137. The maximum absolute atomic E-state index is 13.5. The number of halogens is 3. The molecule has 186 valence electrons. The predicted molar refractivity (Wildman–Crippen MR) is 132 cm³/mol. The second kappa shape index (κ2) is 9.29. The second-order valence-corrected chi connectivity index (χ2v) is 9.06. The van der Waals surface area contributed by atoms with Crippen molar-refractivity contribution in [2.45, 2.75) is 38.4 Å². The molecule has 9 heteroatoms. The third-order valence-electron chi connectivity index (χ3n) is 6.57. The molecule has 2 aliphatic heterocycles. The average Bonchev–Trinajstić information content (AvgIpc) is 3.28. The number of Topliss-reactive ketones (excluding diaryl/α,β-unsaturated/α-hetero) is 1. The van der Waals surface area contributed by atoms with Gasteiger partial charge in [0, 0.05) is 36.3 Å². The van der Waals surface area contributed by atoms with E-state index in [0.29, 0.717) is 41.3 Å². The Bertz CT molecular complexity index is 1320. The minimum absolute atomic E-state index is 0.00995. The molecule has 1 aromatic heterocycles. The molecule has 1 fully saturated rings. The lowest BCUT2D eigenvalue weighted by atomic mass is 10.1. The molecule has 2 aromatic carbocycles. The zero-order chi connectivity index (χ0) is 25.4. The highest BCUT2D eigenvalue weighted by molar-refractivity contribution is 6.05. The molecule has 0 spiro atoms. The van der Waals surface area contributed by atoms with Crippen molar-refractivity contribution >= 4 is 29.0 Å². The van der Waals surface area contributed by atoms with Crippen LogP contribution in [0.5, 0.6) is 0 Å². The number of rotatable bonds is 5. The molecule has 2 bridgehead atoms. The summed E-state index contributed by atoms with van der Waals surface area (Å²) in [5.41, 5.74) is 1.72. The number of carbonyl (C=O) groups is 2. The van der Waals surface area contributed by atoms with Crippen molar-refractivity contribution < 1.29 is 22.8 Å². The molecule has 2 aliphatic rings. The van der Waals surface area contributed by atoms with Gasteiger partial charge in [-0.05, 0) is 49.2 Å². The highest BCUT2D eigenvalue weighted by Gasteiger charge is 2.40. The van der Waals surface area contributed by atoms with Crippen molar-refractivity contribution in [3.05, 3.63) is 71.8 Å². The van der Waals surface area contributed by atoms with Gasteiger partial charge in [0.2, 0.25) is 0 Å². The first-order valence-electron chi connectivity index (χ1n) is 11.9. The zero-order valence-corrected chi connectivity index (χ0v) is 19.7. The molecule has 0 radical (unpaired) electrons. The summed E-state index contributed by atoms with van der Waals surface area (Å²) in [5, 5.41) is 2.89. The number of nitrogens with zero attached hydrogens (tertiary/aromatic N) is 3. The molecule has 1 saturated heterocycles. The number of aromatic nitrogens is 1. The van der Waals surface area contributed by atoms with Gasteiger partial charge in [0.25, 0.3) is 0 Å². The summed E-state index contributed by atoms with van der Waals surface area (Å²) in [7, 11) is 0. The molecule has 0 unspecified atom stereocenters. The summed E-state index contributed by atoms with van der Waals surface area (Å²) in [6.45, 7) is 3.34. The molecule has 2 amide bonds. The number of hydrogen-bond donors (Lipinski definition) is 1. The molecular weight excluding hydrogens is 469 g/mol. The van der Waals surface area contributed by atoms with Crippen molar-refractivity contribution in [2.75, 3.05) is 28.2 Å². The van der Waals surface area contributed by atoms with E-state index in [-0.39, 0.29) is 11.8 Å². The van der Waals surface area contributed by atoms with Crippen LogP contribution in [0.25, 0.3) is 11.3 Å². The standard InChI is InChI=1S/C27H25F3N4O2/c1-2-5-24(35)18-7-4-9-20(15-18)31-26(36)34-21-12-13-33(16-21)23-11-10-22(32-25(23)34)17-6-3-8-19(14-17)27(28,29)30/h3-4,6-11,14-15,21H,2,5,12-13,16H2,1H3,(H,31,36)/t21-/m0/s1. The number of anilines is 3. The number of benzene rings is 2. The highest BCUT2D eigenvalue weighted by atomic mass is 19.4. The van der Waals surface area contributed by atoms with Crippen molar-refractivity contribution in [3.8, 4) is 11.3 Å². The molecule has 6 nitrogen and oxygen atoms in total. The van der Waals surface area contributed by atoms with E-state index >= 15 is 0 Å². The molecule has 1 atom stereocenters. The molecular formula is C27H25F3N4O2. The third kappa shape index (κ3) is 4.53. The number of amides is 2. The SMILES string of the molecule is CCCC(=O)c1cccc(NC(=O)N2c3nc(-c4cccc(C(F)(F)F)c4)ccc3N3CC[C@H]2C3)c1.